The van der Waals surface area contributed by atoms with Crippen LogP contribution in [0.4, 0.5) is 5.82 Å². The second-order valence-corrected chi connectivity index (χ2v) is 5.29. The number of nitrogens with zero attached hydrogens (tertiary/aromatic N) is 2. The second kappa shape index (κ2) is 4.52. The zero-order valence-corrected chi connectivity index (χ0v) is 11.6. The summed E-state index contributed by atoms with van der Waals surface area (Å²) in [5, 5.41) is 4.17. The molecule has 1 aromatic heterocycles. The van der Waals surface area contributed by atoms with Crippen LogP contribution in [0, 0.1) is 3.57 Å². The number of halogens is 2. The Morgan fingerprint density at radius 1 is 1.33 bits per heavy atom. The van der Waals surface area contributed by atoms with E-state index in [-0.39, 0.29) is 0 Å². The molecule has 78 valence electrons. The predicted octanol–water partition coefficient (Wildman–Crippen LogP) is 2.88. The predicted molar refractivity (Wildman–Crippen MR) is 72.6 cm³/mol. The fourth-order valence-electron chi connectivity index (χ4n) is 1.27. The van der Waals surface area contributed by atoms with E-state index in [1.807, 2.05) is 10.9 Å². The highest BCUT2D eigenvalue weighted by atomic mass is 127. The third kappa shape index (κ3) is 2.72. The van der Waals surface area contributed by atoms with E-state index in [0.29, 0.717) is 5.82 Å². The van der Waals surface area contributed by atoms with E-state index in [1.54, 1.807) is 0 Å². The first-order chi connectivity index (χ1) is 7.15. The number of nitrogen functional groups attached to an aromatic ring is 1. The zero-order chi connectivity index (χ0) is 10.8. The second-order valence-electron chi connectivity index (χ2n) is 3.19. The number of nitrogens with two attached hydrogens (primary N) is 1. The molecule has 2 aromatic rings. The quantitative estimate of drug-likeness (QED) is 0.818. The van der Waals surface area contributed by atoms with Crippen molar-refractivity contribution < 1.29 is 0 Å². The number of benzene rings is 1. The molecule has 0 unspecified atom stereocenters. The van der Waals surface area contributed by atoms with Crippen LogP contribution in [-0.4, -0.2) is 9.78 Å². The minimum atomic E-state index is 0.528. The van der Waals surface area contributed by atoms with Gasteiger partial charge in [0, 0.05) is 9.77 Å². The molecule has 0 aliphatic rings. The highest BCUT2D eigenvalue weighted by molar-refractivity contribution is 14.1. The van der Waals surface area contributed by atoms with Crippen LogP contribution in [0.25, 0.3) is 0 Å². The zero-order valence-electron chi connectivity index (χ0n) is 7.82. The Hall–Kier alpha value is -0.560. The van der Waals surface area contributed by atoms with Gasteiger partial charge in [-0.25, -0.2) is 0 Å². The first-order valence-corrected chi connectivity index (χ1v) is 6.25. The molecule has 1 heterocycles. The molecule has 15 heavy (non-hydrogen) atoms. The van der Waals surface area contributed by atoms with Crippen molar-refractivity contribution in [3.63, 3.8) is 0 Å². The van der Waals surface area contributed by atoms with Gasteiger partial charge in [-0.05, 0) is 56.2 Å². The molecule has 0 saturated heterocycles. The van der Waals surface area contributed by atoms with E-state index in [1.165, 1.54) is 9.13 Å². The molecule has 5 heteroatoms. The maximum absolute atomic E-state index is 5.64. The van der Waals surface area contributed by atoms with Gasteiger partial charge in [0.1, 0.15) is 0 Å². The lowest BCUT2D eigenvalue weighted by Crippen LogP contribution is -2.00. The van der Waals surface area contributed by atoms with Crippen molar-refractivity contribution in [3.8, 4) is 0 Å². The standard InChI is InChI=1S/C10H9BrIN3/c11-9-6-15(14-10(9)13)5-7-1-3-8(12)4-2-7/h1-4,6H,5H2,(H2,13,14). The molecular weight excluding hydrogens is 369 g/mol. The number of hydrogen-bond acceptors (Lipinski definition) is 2. The summed E-state index contributed by atoms with van der Waals surface area (Å²) in [5.74, 6) is 0.528. The summed E-state index contributed by atoms with van der Waals surface area (Å²) in [7, 11) is 0. The molecular formula is C10H9BrIN3. The normalized spacial score (nSPS) is 10.5. The Labute approximate surface area is 110 Å². The third-order valence-corrected chi connectivity index (χ3v) is 3.33. The van der Waals surface area contributed by atoms with Crippen molar-refractivity contribution in [2.45, 2.75) is 6.54 Å². The first kappa shape index (κ1) is 10.9. The Balaban J connectivity index is 2.18. The van der Waals surface area contributed by atoms with Gasteiger partial charge in [0.15, 0.2) is 5.82 Å². The molecule has 1 aromatic carbocycles. The maximum atomic E-state index is 5.64. The average molecular weight is 378 g/mol. The van der Waals surface area contributed by atoms with Gasteiger partial charge in [-0.3, -0.25) is 4.68 Å². The maximum Gasteiger partial charge on any atom is 0.159 e. The summed E-state index contributed by atoms with van der Waals surface area (Å²) in [4.78, 5) is 0. The summed E-state index contributed by atoms with van der Waals surface area (Å²) >= 11 is 5.62. The Morgan fingerprint density at radius 3 is 2.53 bits per heavy atom. The summed E-state index contributed by atoms with van der Waals surface area (Å²) in [5.41, 5.74) is 6.85. The van der Waals surface area contributed by atoms with Crippen LogP contribution in [-0.2, 0) is 6.54 Å². The number of aromatic nitrogens is 2. The molecule has 0 bridgehead atoms. The largest absolute Gasteiger partial charge is 0.381 e. The summed E-state index contributed by atoms with van der Waals surface area (Å²) in [6.45, 7) is 0.743. The number of hydrogen-bond donors (Lipinski definition) is 1. The number of rotatable bonds is 2. The fraction of sp³-hybridized carbons (Fsp3) is 0.100. The SMILES string of the molecule is Nc1nn(Cc2ccc(I)cc2)cc1Br. The molecule has 0 aliphatic heterocycles. The van der Waals surface area contributed by atoms with E-state index >= 15 is 0 Å². The minimum Gasteiger partial charge on any atom is -0.381 e. The molecule has 0 spiro atoms. The van der Waals surface area contributed by atoms with Crippen molar-refractivity contribution in [3.05, 3.63) is 44.1 Å². The van der Waals surface area contributed by atoms with Crippen LogP contribution in [0.2, 0.25) is 0 Å². The van der Waals surface area contributed by atoms with Gasteiger partial charge in [-0.2, -0.15) is 5.10 Å². The van der Waals surface area contributed by atoms with Crippen LogP contribution in [0.5, 0.6) is 0 Å². The molecule has 2 N–H and O–H groups in total. The van der Waals surface area contributed by atoms with Crippen molar-refractivity contribution >= 4 is 44.3 Å². The summed E-state index contributed by atoms with van der Waals surface area (Å²) < 4.78 is 3.90. The topological polar surface area (TPSA) is 43.8 Å². The minimum absolute atomic E-state index is 0.528. The fourth-order valence-corrected chi connectivity index (χ4v) is 1.95. The van der Waals surface area contributed by atoms with Gasteiger partial charge in [0.2, 0.25) is 0 Å². The van der Waals surface area contributed by atoms with E-state index in [0.717, 1.165) is 11.0 Å². The Morgan fingerprint density at radius 2 is 2.00 bits per heavy atom. The van der Waals surface area contributed by atoms with E-state index in [2.05, 4.69) is 67.9 Å². The van der Waals surface area contributed by atoms with Crippen LogP contribution in [0.1, 0.15) is 5.56 Å². The van der Waals surface area contributed by atoms with Crippen molar-refractivity contribution in [2.24, 2.45) is 0 Å². The van der Waals surface area contributed by atoms with Gasteiger partial charge < -0.3 is 5.73 Å². The van der Waals surface area contributed by atoms with Gasteiger partial charge in [0.25, 0.3) is 0 Å². The van der Waals surface area contributed by atoms with Crippen LogP contribution >= 0.6 is 38.5 Å². The van der Waals surface area contributed by atoms with Gasteiger partial charge in [-0.1, -0.05) is 12.1 Å². The van der Waals surface area contributed by atoms with Crippen LogP contribution < -0.4 is 5.73 Å². The highest BCUT2D eigenvalue weighted by Crippen LogP contribution is 2.17. The number of anilines is 1. The van der Waals surface area contributed by atoms with Crippen LogP contribution in [0.15, 0.2) is 34.9 Å². The molecule has 0 radical (unpaired) electrons. The van der Waals surface area contributed by atoms with Gasteiger partial charge in [0.05, 0.1) is 11.0 Å². The van der Waals surface area contributed by atoms with Crippen LogP contribution in [0.3, 0.4) is 0 Å². The van der Waals surface area contributed by atoms with Crippen molar-refractivity contribution in [1.82, 2.24) is 9.78 Å². The Bertz CT molecular complexity index is 445. The smallest absolute Gasteiger partial charge is 0.159 e. The lowest BCUT2D eigenvalue weighted by molar-refractivity contribution is 0.690. The van der Waals surface area contributed by atoms with E-state index in [4.69, 9.17) is 5.73 Å². The molecule has 0 atom stereocenters. The summed E-state index contributed by atoms with van der Waals surface area (Å²) in [6.07, 6.45) is 1.88. The van der Waals surface area contributed by atoms with E-state index in [9.17, 15) is 0 Å². The van der Waals surface area contributed by atoms with Gasteiger partial charge in [-0.15, -0.1) is 0 Å². The molecule has 0 fully saturated rings. The van der Waals surface area contributed by atoms with Crippen molar-refractivity contribution in [2.75, 3.05) is 5.73 Å². The highest BCUT2D eigenvalue weighted by Gasteiger charge is 2.02. The first-order valence-electron chi connectivity index (χ1n) is 4.38. The van der Waals surface area contributed by atoms with Gasteiger partial charge >= 0.3 is 0 Å². The van der Waals surface area contributed by atoms with Crippen molar-refractivity contribution in [1.29, 1.82) is 0 Å². The monoisotopic (exact) mass is 377 g/mol. The average Bonchev–Trinajstić information content (AvgIpc) is 2.50. The molecule has 0 amide bonds. The third-order valence-electron chi connectivity index (χ3n) is 2.00. The Kier molecular flexibility index (Phi) is 3.30. The van der Waals surface area contributed by atoms with E-state index < -0.39 is 0 Å². The molecule has 0 saturated carbocycles. The lowest BCUT2D eigenvalue weighted by atomic mass is 10.2. The molecule has 2 rings (SSSR count). The molecule has 3 nitrogen and oxygen atoms in total. The summed E-state index contributed by atoms with van der Waals surface area (Å²) in [6, 6.07) is 8.34. The molecule has 0 aliphatic carbocycles. The lowest BCUT2D eigenvalue weighted by Gasteiger charge is -2.01.